The summed E-state index contributed by atoms with van der Waals surface area (Å²) >= 11 is 1.64. The number of hydrogen-bond acceptors (Lipinski definition) is 5. The summed E-state index contributed by atoms with van der Waals surface area (Å²) in [5.74, 6) is 1.14. The number of thioether (sulfide) groups is 1. The highest BCUT2D eigenvalue weighted by atomic mass is 32.2. The van der Waals surface area contributed by atoms with E-state index in [-0.39, 0.29) is 18.1 Å². The Balaban J connectivity index is 2.39. The van der Waals surface area contributed by atoms with E-state index in [9.17, 15) is 9.59 Å². The lowest BCUT2D eigenvalue weighted by atomic mass is 10.2. The van der Waals surface area contributed by atoms with Crippen LogP contribution in [0.2, 0.25) is 0 Å². The molecule has 0 aliphatic carbocycles. The quantitative estimate of drug-likeness (QED) is 0.730. The van der Waals surface area contributed by atoms with Crippen LogP contribution in [-0.2, 0) is 14.3 Å². The maximum atomic E-state index is 11.1. The van der Waals surface area contributed by atoms with Crippen LogP contribution in [0.4, 0.5) is 4.79 Å². The fourth-order valence-electron chi connectivity index (χ4n) is 1.32. The van der Waals surface area contributed by atoms with E-state index in [1.54, 1.807) is 18.7 Å². The lowest BCUT2D eigenvalue weighted by Crippen LogP contribution is -2.44. The standard InChI is InChI=1S/C9H15NO4S/c1-3-13-9(12)10-7-4-15-5-8(7)14-6(2)11/h7-8H,3-5H2,1-2H3,(H,10,12)/t7-,8+/m0/s1. The van der Waals surface area contributed by atoms with Gasteiger partial charge in [-0.25, -0.2) is 4.79 Å². The number of rotatable bonds is 3. The minimum absolute atomic E-state index is 0.141. The lowest BCUT2D eigenvalue weighted by molar-refractivity contribution is -0.146. The van der Waals surface area contributed by atoms with Gasteiger partial charge in [-0.2, -0.15) is 11.8 Å². The number of ether oxygens (including phenoxy) is 2. The number of nitrogens with one attached hydrogen (secondary N) is 1. The Morgan fingerprint density at radius 3 is 2.80 bits per heavy atom. The molecule has 86 valence electrons. The van der Waals surface area contributed by atoms with Gasteiger partial charge in [-0.05, 0) is 6.92 Å². The van der Waals surface area contributed by atoms with Gasteiger partial charge in [0.1, 0.15) is 6.10 Å². The Kier molecular flexibility index (Phi) is 4.74. The number of carbonyl (C=O) groups excluding carboxylic acids is 2. The van der Waals surface area contributed by atoms with E-state index in [0.29, 0.717) is 6.61 Å². The van der Waals surface area contributed by atoms with Crippen molar-refractivity contribution in [2.75, 3.05) is 18.1 Å². The van der Waals surface area contributed by atoms with Crippen LogP contribution in [0.1, 0.15) is 13.8 Å². The molecule has 1 fully saturated rings. The number of carbonyl (C=O) groups is 2. The molecule has 1 aliphatic heterocycles. The van der Waals surface area contributed by atoms with Crippen molar-refractivity contribution in [2.24, 2.45) is 0 Å². The lowest BCUT2D eigenvalue weighted by Gasteiger charge is -2.19. The van der Waals surface area contributed by atoms with Gasteiger partial charge >= 0.3 is 12.1 Å². The molecule has 1 saturated heterocycles. The molecule has 1 aliphatic rings. The van der Waals surface area contributed by atoms with Gasteiger partial charge in [0.2, 0.25) is 0 Å². The van der Waals surface area contributed by atoms with Gasteiger partial charge in [-0.15, -0.1) is 0 Å². The van der Waals surface area contributed by atoms with Crippen molar-refractivity contribution in [2.45, 2.75) is 26.0 Å². The third kappa shape index (κ3) is 3.99. The monoisotopic (exact) mass is 233 g/mol. The van der Waals surface area contributed by atoms with Crippen LogP contribution in [0.15, 0.2) is 0 Å². The van der Waals surface area contributed by atoms with Gasteiger partial charge in [0.15, 0.2) is 0 Å². The third-order valence-corrected chi connectivity index (χ3v) is 3.08. The second-order valence-corrected chi connectivity index (χ2v) is 4.23. The fraction of sp³-hybridized carbons (Fsp3) is 0.778. The predicted octanol–water partition coefficient (Wildman–Crippen LogP) is 0.780. The molecule has 0 bridgehead atoms. The average molecular weight is 233 g/mol. The summed E-state index contributed by atoms with van der Waals surface area (Å²) in [6.07, 6.45) is -0.695. The Bertz CT molecular complexity index is 246. The van der Waals surface area contributed by atoms with Crippen molar-refractivity contribution in [3.8, 4) is 0 Å². The minimum Gasteiger partial charge on any atom is -0.459 e. The number of alkyl carbamates (subject to hydrolysis) is 1. The minimum atomic E-state index is -0.456. The van der Waals surface area contributed by atoms with Crippen LogP contribution in [0, 0.1) is 0 Å². The summed E-state index contributed by atoms with van der Waals surface area (Å²) in [6, 6.07) is -0.141. The van der Waals surface area contributed by atoms with Crippen molar-refractivity contribution < 1.29 is 19.1 Å². The molecule has 2 atom stereocenters. The molecule has 0 spiro atoms. The van der Waals surface area contributed by atoms with Crippen LogP contribution >= 0.6 is 11.8 Å². The van der Waals surface area contributed by atoms with Crippen molar-refractivity contribution in [3.05, 3.63) is 0 Å². The molecule has 1 amide bonds. The second kappa shape index (κ2) is 5.85. The molecule has 6 heteroatoms. The van der Waals surface area contributed by atoms with Crippen molar-refractivity contribution in [1.29, 1.82) is 0 Å². The average Bonchev–Trinajstić information content (AvgIpc) is 2.52. The van der Waals surface area contributed by atoms with Crippen LogP contribution in [0.25, 0.3) is 0 Å². The maximum Gasteiger partial charge on any atom is 0.407 e. The first-order valence-corrected chi connectivity index (χ1v) is 5.97. The number of esters is 1. The summed E-state index contributed by atoms with van der Waals surface area (Å²) < 4.78 is 9.83. The summed E-state index contributed by atoms with van der Waals surface area (Å²) in [5, 5.41) is 2.68. The van der Waals surface area contributed by atoms with Gasteiger partial charge in [0.25, 0.3) is 0 Å². The molecule has 5 nitrogen and oxygen atoms in total. The van der Waals surface area contributed by atoms with Crippen LogP contribution in [0.3, 0.4) is 0 Å². The molecule has 1 N–H and O–H groups in total. The Hall–Kier alpha value is -0.910. The summed E-state index contributed by atoms with van der Waals surface area (Å²) in [5.41, 5.74) is 0. The molecule has 0 unspecified atom stereocenters. The number of hydrogen-bond donors (Lipinski definition) is 1. The highest BCUT2D eigenvalue weighted by Gasteiger charge is 2.31. The molecule has 0 aromatic carbocycles. The van der Waals surface area contributed by atoms with E-state index in [0.717, 1.165) is 11.5 Å². The van der Waals surface area contributed by atoms with Crippen molar-refractivity contribution in [3.63, 3.8) is 0 Å². The van der Waals surface area contributed by atoms with E-state index in [2.05, 4.69) is 5.32 Å². The molecular formula is C9H15NO4S. The number of amides is 1. The molecule has 15 heavy (non-hydrogen) atoms. The Morgan fingerprint density at radius 1 is 1.47 bits per heavy atom. The van der Waals surface area contributed by atoms with E-state index >= 15 is 0 Å². The SMILES string of the molecule is CCOC(=O)N[C@H]1CSC[C@H]1OC(C)=O. The third-order valence-electron chi connectivity index (χ3n) is 1.92. The van der Waals surface area contributed by atoms with E-state index in [1.807, 2.05) is 0 Å². The van der Waals surface area contributed by atoms with Gasteiger partial charge in [0, 0.05) is 18.4 Å². The normalized spacial score (nSPS) is 24.7. The maximum absolute atomic E-state index is 11.1. The molecule has 0 saturated carbocycles. The largest absolute Gasteiger partial charge is 0.459 e. The van der Waals surface area contributed by atoms with Crippen LogP contribution < -0.4 is 5.32 Å². The van der Waals surface area contributed by atoms with Crippen molar-refractivity contribution in [1.82, 2.24) is 5.32 Å². The molecule has 0 aromatic rings. The topological polar surface area (TPSA) is 64.6 Å². The van der Waals surface area contributed by atoms with Gasteiger partial charge < -0.3 is 14.8 Å². The zero-order chi connectivity index (χ0) is 11.3. The zero-order valence-corrected chi connectivity index (χ0v) is 9.63. The molecule has 0 aromatic heterocycles. The van der Waals surface area contributed by atoms with Gasteiger partial charge in [-0.3, -0.25) is 4.79 Å². The van der Waals surface area contributed by atoms with E-state index in [4.69, 9.17) is 9.47 Å². The summed E-state index contributed by atoms with van der Waals surface area (Å²) in [4.78, 5) is 21.9. The fourth-order valence-corrected chi connectivity index (χ4v) is 2.54. The highest BCUT2D eigenvalue weighted by Crippen LogP contribution is 2.21. The van der Waals surface area contributed by atoms with Gasteiger partial charge in [-0.1, -0.05) is 0 Å². The van der Waals surface area contributed by atoms with Crippen LogP contribution in [-0.4, -0.2) is 42.3 Å². The van der Waals surface area contributed by atoms with Gasteiger partial charge in [0.05, 0.1) is 12.6 Å². The van der Waals surface area contributed by atoms with E-state index < -0.39 is 6.09 Å². The summed E-state index contributed by atoms with van der Waals surface area (Å²) in [6.45, 7) is 3.45. The molecule has 1 heterocycles. The predicted molar refractivity (Wildman–Crippen MR) is 56.8 cm³/mol. The smallest absolute Gasteiger partial charge is 0.407 e. The zero-order valence-electron chi connectivity index (χ0n) is 8.82. The first-order valence-electron chi connectivity index (χ1n) is 4.81. The Labute approximate surface area is 92.9 Å². The summed E-state index contributed by atoms with van der Waals surface area (Å²) in [7, 11) is 0. The molecule has 0 radical (unpaired) electrons. The molecule has 1 rings (SSSR count). The molecular weight excluding hydrogens is 218 g/mol. The first-order chi connectivity index (χ1) is 7.13. The van der Waals surface area contributed by atoms with Crippen molar-refractivity contribution >= 4 is 23.8 Å². The highest BCUT2D eigenvalue weighted by molar-refractivity contribution is 7.99. The second-order valence-electron chi connectivity index (χ2n) is 3.16. The van der Waals surface area contributed by atoms with Crippen LogP contribution in [0.5, 0.6) is 0 Å². The first kappa shape index (κ1) is 12.2. The van der Waals surface area contributed by atoms with E-state index in [1.165, 1.54) is 6.92 Å². The Morgan fingerprint density at radius 2 is 2.20 bits per heavy atom.